The predicted octanol–water partition coefficient (Wildman–Crippen LogP) is 1.40. The monoisotopic (exact) mass is 252 g/mol. The summed E-state index contributed by atoms with van der Waals surface area (Å²) < 4.78 is 26.2. The Morgan fingerprint density at radius 2 is 1.94 bits per heavy atom. The Bertz CT molecular complexity index is 472. The molecule has 2 atom stereocenters. The van der Waals surface area contributed by atoms with Gasteiger partial charge in [0.05, 0.1) is 0 Å². The van der Waals surface area contributed by atoms with Crippen LogP contribution in [-0.2, 0) is 0 Å². The van der Waals surface area contributed by atoms with Crippen LogP contribution in [0.3, 0.4) is 0 Å². The maximum absolute atomic E-state index is 13.1. The van der Waals surface area contributed by atoms with Gasteiger partial charge in [0.15, 0.2) is 0 Å². The molecule has 0 saturated carbocycles. The molecule has 3 nitrogen and oxygen atoms in total. The van der Waals surface area contributed by atoms with Crippen molar-refractivity contribution in [2.24, 2.45) is 5.92 Å². The van der Waals surface area contributed by atoms with Crippen LogP contribution in [0.25, 0.3) is 0 Å². The van der Waals surface area contributed by atoms with E-state index in [1.807, 2.05) is 0 Å². The number of nitrogens with zero attached hydrogens (tertiary/aromatic N) is 1. The fourth-order valence-electron chi connectivity index (χ4n) is 2.94. The van der Waals surface area contributed by atoms with E-state index < -0.39 is 11.6 Å². The largest absolute Gasteiger partial charge is 0.334 e. The minimum absolute atomic E-state index is 0.0973. The van der Waals surface area contributed by atoms with Crippen LogP contribution in [0.15, 0.2) is 18.2 Å². The molecule has 2 heterocycles. The molecule has 0 bridgehead atoms. The highest BCUT2D eigenvalue weighted by molar-refractivity contribution is 5.94. The van der Waals surface area contributed by atoms with Gasteiger partial charge in [-0.25, -0.2) is 8.78 Å². The van der Waals surface area contributed by atoms with Crippen LogP contribution in [0.5, 0.6) is 0 Å². The summed E-state index contributed by atoms with van der Waals surface area (Å²) >= 11 is 0. The zero-order valence-electron chi connectivity index (χ0n) is 9.83. The van der Waals surface area contributed by atoms with Crippen molar-refractivity contribution in [1.82, 2.24) is 10.2 Å². The van der Waals surface area contributed by atoms with E-state index in [0.717, 1.165) is 37.7 Å². The van der Waals surface area contributed by atoms with Crippen molar-refractivity contribution >= 4 is 5.91 Å². The van der Waals surface area contributed by atoms with Crippen LogP contribution in [-0.4, -0.2) is 36.5 Å². The number of fused-ring (bicyclic) bond motifs is 1. The Morgan fingerprint density at radius 3 is 2.67 bits per heavy atom. The van der Waals surface area contributed by atoms with E-state index in [1.54, 1.807) is 4.90 Å². The molecule has 1 aromatic carbocycles. The molecule has 18 heavy (non-hydrogen) atoms. The summed E-state index contributed by atoms with van der Waals surface area (Å²) in [6.45, 7) is 2.37. The van der Waals surface area contributed by atoms with E-state index in [9.17, 15) is 13.6 Å². The Hall–Kier alpha value is -1.49. The van der Waals surface area contributed by atoms with Gasteiger partial charge >= 0.3 is 0 Å². The van der Waals surface area contributed by atoms with Gasteiger partial charge in [-0.3, -0.25) is 4.79 Å². The van der Waals surface area contributed by atoms with E-state index in [0.29, 0.717) is 12.5 Å². The fourth-order valence-corrected chi connectivity index (χ4v) is 2.94. The number of halogens is 2. The number of amides is 1. The number of carbonyl (C=O) groups excluding carboxylic acids is 1. The normalized spacial score (nSPS) is 26.4. The molecule has 0 spiro atoms. The highest BCUT2D eigenvalue weighted by Crippen LogP contribution is 2.28. The summed E-state index contributed by atoms with van der Waals surface area (Å²) in [6.07, 6.45) is 0.960. The van der Waals surface area contributed by atoms with Crippen molar-refractivity contribution in [3.63, 3.8) is 0 Å². The lowest BCUT2D eigenvalue weighted by atomic mass is 10.0. The lowest BCUT2D eigenvalue weighted by molar-refractivity contribution is 0.0736. The molecule has 2 fully saturated rings. The molecule has 0 unspecified atom stereocenters. The first-order valence-corrected chi connectivity index (χ1v) is 6.13. The van der Waals surface area contributed by atoms with Crippen LogP contribution >= 0.6 is 0 Å². The summed E-state index contributed by atoms with van der Waals surface area (Å²) in [6, 6.07) is 3.15. The predicted molar refractivity (Wildman–Crippen MR) is 62.2 cm³/mol. The lowest BCUT2D eigenvalue weighted by Gasteiger charge is -2.23. The van der Waals surface area contributed by atoms with Gasteiger partial charge in [0.1, 0.15) is 11.6 Å². The van der Waals surface area contributed by atoms with Gasteiger partial charge in [-0.1, -0.05) is 0 Å². The van der Waals surface area contributed by atoms with Gasteiger partial charge in [0.2, 0.25) is 0 Å². The number of likely N-dealkylation sites (tertiary alicyclic amines) is 1. The number of benzene rings is 1. The Morgan fingerprint density at radius 1 is 1.22 bits per heavy atom. The zero-order valence-corrected chi connectivity index (χ0v) is 9.83. The van der Waals surface area contributed by atoms with Crippen molar-refractivity contribution in [3.8, 4) is 0 Å². The van der Waals surface area contributed by atoms with Crippen molar-refractivity contribution in [1.29, 1.82) is 0 Å². The molecule has 1 aromatic rings. The SMILES string of the molecule is O=C(c1cc(F)cc(F)c1)N1CC[C@H]2CNC[C@H]21. The molecule has 0 aromatic heterocycles. The van der Waals surface area contributed by atoms with E-state index in [2.05, 4.69) is 5.32 Å². The van der Waals surface area contributed by atoms with Gasteiger partial charge < -0.3 is 10.2 Å². The van der Waals surface area contributed by atoms with E-state index in [1.165, 1.54) is 0 Å². The highest BCUT2D eigenvalue weighted by Gasteiger charge is 2.40. The number of rotatable bonds is 1. The third kappa shape index (κ3) is 1.88. The summed E-state index contributed by atoms with van der Waals surface area (Å²) in [5.41, 5.74) is 0.0973. The first-order valence-electron chi connectivity index (χ1n) is 6.13. The average molecular weight is 252 g/mol. The number of hydrogen-bond donors (Lipinski definition) is 1. The molecule has 5 heteroatoms. The molecular weight excluding hydrogens is 238 g/mol. The van der Waals surface area contributed by atoms with E-state index in [-0.39, 0.29) is 17.5 Å². The summed E-state index contributed by atoms with van der Waals surface area (Å²) in [5.74, 6) is -1.21. The third-order valence-electron chi connectivity index (χ3n) is 3.82. The number of carbonyl (C=O) groups is 1. The van der Waals surface area contributed by atoms with Crippen molar-refractivity contribution in [2.45, 2.75) is 12.5 Å². The standard InChI is InChI=1S/C13H14F2N2O/c14-10-3-9(4-11(15)5-10)13(18)17-2-1-8-6-16-7-12(8)17/h3-5,8,12,16H,1-2,6-7H2/t8-,12+/m0/s1. The van der Waals surface area contributed by atoms with Crippen LogP contribution in [0.4, 0.5) is 8.78 Å². The van der Waals surface area contributed by atoms with Gasteiger partial charge in [0.25, 0.3) is 5.91 Å². The second-order valence-electron chi connectivity index (χ2n) is 4.93. The molecule has 1 N–H and O–H groups in total. The van der Waals surface area contributed by atoms with E-state index in [4.69, 9.17) is 0 Å². The van der Waals surface area contributed by atoms with Gasteiger partial charge in [0, 0.05) is 37.3 Å². The highest BCUT2D eigenvalue weighted by atomic mass is 19.1. The van der Waals surface area contributed by atoms with Crippen molar-refractivity contribution in [2.75, 3.05) is 19.6 Å². The molecular formula is C13H14F2N2O. The van der Waals surface area contributed by atoms with E-state index >= 15 is 0 Å². The fraction of sp³-hybridized carbons (Fsp3) is 0.462. The van der Waals surface area contributed by atoms with Crippen LogP contribution in [0, 0.1) is 17.6 Å². The Labute approximate surface area is 104 Å². The molecule has 2 saturated heterocycles. The maximum Gasteiger partial charge on any atom is 0.254 e. The molecule has 0 aliphatic carbocycles. The first-order chi connectivity index (χ1) is 8.65. The van der Waals surface area contributed by atoms with Gasteiger partial charge in [-0.05, 0) is 24.5 Å². The second-order valence-corrected chi connectivity index (χ2v) is 4.93. The molecule has 96 valence electrons. The summed E-state index contributed by atoms with van der Waals surface area (Å²) in [7, 11) is 0. The molecule has 1 amide bonds. The van der Waals surface area contributed by atoms with Crippen LogP contribution < -0.4 is 5.32 Å². The van der Waals surface area contributed by atoms with Crippen molar-refractivity contribution < 1.29 is 13.6 Å². The molecule has 2 aliphatic rings. The van der Waals surface area contributed by atoms with Crippen LogP contribution in [0.2, 0.25) is 0 Å². The molecule has 0 radical (unpaired) electrons. The number of hydrogen-bond acceptors (Lipinski definition) is 2. The topological polar surface area (TPSA) is 32.3 Å². The molecule has 3 rings (SSSR count). The summed E-state index contributed by atoms with van der Waals surface area (Å²) in [5, 5.41) is 3.24. The van der Waals surface area contributed by atoms with Crippen LogP contribution in [0.1, 0.15) is 16.8 Å². The van der Waals surface area contributed by atoms with Gasteiger partial charge in [-0.15, -0.1) is 0 Å². The maximum atomic E-state index is 13.1. The van der Waals surface area contributed by atoms with Gasteiger partial charge in [-0.2, -0.15) is 0 Å². The quantitative estimate of drug-likeness (QED) is 0.819. The Balaban J connectivity index is 1.86. The minimum Gasteiger partial charge on any atom is -0.334 e. The smallest absolute Gasteiger partial charge is 0.254 e. The molecule has 2 aliphatic heterocycles. The zero-order chi connectivity index (χ0) is 12.7. The third-order valence-corrected chi connectivity index (χ3v) is 3.82. The first kappa shape index (κ1) is 11.6. The second kappa shape index (κ2) is 4.31. The van der Waals surface area contributed by atoms with Crippen molar-refractivity contribution in [3.05, 3.63) is 35.4 Å². The average Bonchev–Trinajstić information content (AvgIpc) is 2.88. The summed E-state index contributed by atoms with van der Waals surface area (Å²) in [4.78, 5) is 14.0. The minimum atomic E-state index is -0.710. The lowest BCUT2D eigenvalue weighted by Crippen LogP contribution is -2.39. The Kier molecular flexibility index (Phi) is 2.78. The number of nitrogens with one attached hydrogen (secondary N) is 1.